The SMILES string of the molecule is CCN1c2cc(C)c(/C=C3/SC(=O)N([C@H](C)C(=O)OC)C3=O)cc2[C@@H](C)CC1(C)C. The van der Waals surface area contributed by atoms with Gasteiger partial charge < -0.3 is 9.64 Å². The smallest absolute Gasteiger partial charge is 0.328 e. The van der Waals surface area contributed by atoms with Gasteiger partial charge in [0.2, 0.25) is 0 Å². The highest BCUT2D eigenvalue weighted by Gasteiger charge is 2.41. The molecule has 0 saturated carbocycles. The minimum atomic E-state index is -0.946. The number of ether oxygens (including phenoxy) is 1. The van der Waals surface area contributed by atoms with Gasteiger partial charge >= 0.3 is 5.97 Å². The van der Waals surface area contributed by atoms with Crippen LogP contribution in [0.2, 0.25) is 0 Å². The number of benzene rings is 1. The zero-order valence-corrected chi connectivity index (χ0v) is 19.6. The first-order chi connectivity index (χ1) is 14.0. The Kier molecular flexibility index (Phi) is 6.05. The van der Waals surface area contributed by atoms with E-state index in [2.05, 4.69) is 49.5 Å². The van der Waals surface area contributed by atoms with Crippen molar-refractivity contribution in [1.82, 2.24) is 4.90 Å². The number of rotatable bonds is 4. The van der Waals surface area contributed by atoms with E-state index in [4.69, 9.17) is 0 Å². The van der Waals surface area contributed by atoms with Crippen molar-refractivity contribution in [3.8, 4) is 0 Å². The van der Waals surface area contributed by atoms with Crippen LogP contribution >= 0.6 is 11.8 Å². The van der Waals surface area contributed by atoms with Crippen molar-refractivity contribution >= 4 is 40.6 Å². The van der Waals surface area contributed by atoms with Crippen molar-refractivity contribution in [3.05, 3.63) is 33.7 Å². The van der Waals surface area contributed by atoms with E-state index in [0.717, 1.165) is 40.8 Å². The van der Waals surface area contributed by atoms with Gasteiger partial charge in [0.15, 0.2) is 0 Å². The summed E-state index contributed by atoms with van der Waals surface area (Å²) in [4.78, 5) is 40.8. The van der Waals surface area contributed by atoms with Crippen molar-refractivity contribution in [2.24, 2.45) is 0 Å². The number of thioether (sulfide) groups is 1. The third kappa shape index (κ3) is 3.75. The Hall–Kier alpha value is -2.28. The number of imide groups is 1. The van der Waals surface area contributed by atoms with E-state index >= 15 is 0 Å². The summed E-state index contributed by atoms with van der Waals surface area (Å²) in [6.07, 6.45) is 2.82. The Morgan fingerprint density at radius 1 is 1.37 bits per heavy atom. The summed E-state index contributed by atoms with van der Waals surface area (Å²) < 4.78 is 4.69. The molecule has 0 radical (unpaired) electrons. The maximum atomic E-state index is 12.8. The number of amides is 2. The minimum absolute atomic E-state index is 0.0851. The molecule has 2 aliphatic rings. The summed E-state index contributed by atoms with van der Waals surface area (Å²) in [5.74, 6) is -0.677. The molecule has 0 aliphatic carbocycles. The van der Waals surface area contributed by atoms with Gasteiger partial charge in [-0.1, -0.05) is 6.92 Å². The second-order valence-corrected chi connectivity index (χ2v) is 9.67. The minimum Gasteiger partial charge on any atom is -0.467 e. The van der Waals surface area contributed by atoms with E-state index in [-0.39, 0.29) is 5.54 Å². The van der Waals surface area contributed by atoms with Gasteiger partial charge in [-0.15, -0.1) is 0 Å². The lowest BCUT2D eigenvalue weighted by Crippen LogP contribution is -2.48. The van der Waals surface area contributed by atoms with Gasteiger partial charge in [-0.05, 0) is 93.6 Å². The van der Waals surface area contributed by atoms with Gasteiger partial charge in [0.25, 0.3) is 11.1 Å². The normalized spacial score (nSPS) is 23.0. The summed E-state index contributed by atoms with van der Waals surface area (Å²) in [6.45, 7) is 13.4. The molecule has 162 valence electrons. The van der Waals surface area contributed by atoms with Gasteiger partial charge in [0.1, 0.15) is 6.04 Å². The van der Waals surface area contributed by atoms with E-state index in [1.807, 2.05) is 6.92 Å². The zero-order valence-electron chi connectivity index (χ0n) is 18.7. The number of carbonyl (C=O) groups excluding carboxylic acids is 3. The number of fused-ring (bicyclic) bond motifs is 1. The van der Waals surface area contributed by atoms with Crippen LogP contribution in [0, 0.1) is 6.92 Å². The number of methoxy groups -OCH3 is 1. The van der Waals surface area contributed by atoms with Gasteiger partial charge in [-0.25, -0.2) is 4.79 Å². The summed E-state index contributed by atoms with van der Waals surface area (Å²) in [7, 11) is 1.24. The standard InChI is InChI=1S/C23H30N2O4S/c1-8-24-18-9-13(2)16(10-17(18)14(3)12-23(24,5)6)11-19-20(26)25(22(28)30-19)15(4)21(27)29-7/h9-11,14-15H,8,12H2,1-7H3/b19-11+/t14-,15+/m0/s1. The average Bonchev–Trinajstić information content (AvgIpc) is 2.94. The predicted molar refractivity (Wildman–Crippen MR) is 121 cm³/mol. The van der Waals surface area contributed by atoms with Gasteiger partial charge in [-0.3, -0.25) is 14.5 Å². The van der Waals surface area contributed by atoms with Crippen LogP contribution in [0.5, 0.6) is 0 Å². The number of anilines is 1. The maximum Gasteiger partial charge on any atom is 0.328 e. The summed E-state index contributed by atoms with van der Waals surface area (Å²) in [6, 6.07) is 3.38. The molecule has 2 heterocycles. The first-order valence-electron chi connectivity index (χ1n) is 10.3. The van der Waals surface area contributed by atoms with Crippen LogP contribution in [0.15, 0.2) is 17.0 Å². The van der Waals surface area contributed by atoms with Crippen LogP contribution < -0.4 is 4.90 Å². The molecule has 1 saturated heterocycles. The number of esters is 1. The lowest BCUT2D eigenvalue weighted by molar-refractivity contribution is -0.148. The molecule has 1 aromatic carbocycles. The van der Waals surface area contributed by atoms with Crippen molar-refractivity contribution < 1.29 is 19.1 Å². The maximum absolute atomic E-state index is 12.8. The monoisotopic (exact) mass is 430 g/mol. The average molecular weight is 431 g/mol. The molecule has 0 unspecified atom stereocenters. The number of hydrogen-bond donors (Lipinski definition) is 0. The van der Waals surface area contributed by atoms with Crippen LogP contribution in [0.1, 0.15) is 63.6 Å². The predicted octanol–water partition coefficient (Wildman–Crippen LogP) is 4.70. The largest absolute Gasteiger partial charge is 0.467 e. The van der Waals surface area contributed by atoms with Crippen molar-refractivity contribution in [2.75, 3.05) is 18.6 Å². The molecule has 7 heteroatoms. The molecule has 2 atom stereocenters. The second-order valence-electron chi connectivity index (χ2n) is 8.68. The van der Waals surface area contributed by atoms with E-state index in [0.29, 0.717) is 10.8 Å². The second kappa shape index (κ2) is 8.10. The van der Waals surface area contributed by atoms with Gasteiger partial charge in [0.05, 0.1) is 12.0 Å². The highest BCUT2D eigenvalue weighted by atomic mass is 32.2. The Morgan fingerprint density at radius 2 is 2.03 bits per heavy atom. The molecule has 6 nitrogen and oxygen atoms in total. The van der Waals surface area contributed by atoms with Crippen LogP contribution in [0.3, 0.4) is 0 Å². The van der Waals surface area contributed by atoms with Crippen LogP contribution in [-0.4, -0.2) is 47.3 Å². The molecule has 2 aliphatic heterocycles. The lowest BCUT2D eigenvalue weighted by atomic mass is 9.79. The molecule has 0 aromatic heterocycles. The highest BCUT2D eigenvalue weighted by molar-refractivity contribution is 8.18. The van der Waals surface area contributed by atoms with E-state index in [1.54, 1.807) is 6.08 Å². The van der Waals surface area contributed by atoms with Crippen molar-refractivity contribution in [2.45, 2.75) is 65.5 Å². The molecule has 1 fully saturated rings. The fourth-order valence-corrected chi connectivity index (χ4v) is 5.53. The molecule has 0 bridgehead atoms. The van der Waals surface area contributed by atoms with E-state index < -0.39 is 23.2 Å². The van der Waals surface area contributed by atoms with E-state index in [9.17, 15) is 14.4 Å². The van der Waals surface area contributed by atoms with Crippen LogP contribution in [0.4, 0.5) is 10.5 Å². The number of nitrogens with zero attached hydrogens (tertiary/aromatic N) is 2. The first-order valence-corrected chi connectivity index (χ1v) is 11.1. The highest BCUT2D eigenvalue weighted by Crippen LogP contribution is 2.45. The van der Waals surface area contributed by atoms with Crippen LogP contribution in [-0.2, 0) is 14.3 Å². The molecule has 3 rings (SSSR count). The van der Waals surface area contributed by atoms with Crippen molar-refractivity contribution in [1.29, 1.82) is 0 Å². The molecular weight excluding hydrogens is 400 g/mol. The molecule has 2 amide bonds. The Labute approximate surface area is 182 Å². The summed E-state index contributed by atoms with van der Waals surface area (Å²) in [5, 5.41) is -0.452. The quantitative estimate of drug-likeness (QED) is 0.509. The molecule has 30 heavy (non-hydrogen) atoms. The third-order valence-electron chi connectivity index (χ3n) is 6.13. The summed E-state index contributed by atoms with van der Waals surface area (Å²) in [5.41, 5.74) is 4.55. The Balaban J connectivity index is 2.00. The van der Waals surface area contributed by atoms with Crippen molar-refractivity contribution in [3.63, 3.8) is 0 Å². The van der Waals surface area contributed by atoms with Crippen LogP contribution in [0.25, 0.3) is 6.08 Å². The fraction of sp³-hybridized carbons (Fsp3) is 0.522. The lowest BCUT2D eigenvalue weighted by Gasteiger charge is -2.47. The molecular formula is C23H30N2O4S. The van der Waals surface area contributed by atoms with E-state index in [1.165, 1.54) is 25.3 Å². The first kappa shape index (κ1) is 22.4. The Bertz CT molecular complexity index is 937. The zero-order chi connectivity index (χ0) is 22.4. The molecule has 0 spiro atoms. The van der Waals surface area contributed by atoms with Gasteiger partial charge in [-0.2, -0.15) is 0 Å². The topological polar surface area (TPSA) is 66.9 Å². The van der Waals surface area contributed by atoms with Gasteiger partial charge in [0, 0.05) is 17.8 Å². The molecule has 0 N–H and O–H groups in total. The number of aryl methyl sites for hydroxylation is 1. The fourth-order valence-electron chi connectivity index (χ4n) is 4.64. The number of carbonyl (C=O) groups is 3. The molecule has 1 aromatic rings. The summed E-state index contributed by atoms with van der Waals surface area (Å²) >= 11 is 0.865. The Morgan fingerprint density at radius 3 is 2.63 bits per heavy atom. The number of hydrogen-bond acceptors (Lipinski definition) is 6. The third-order valence-corrected chi connectivity index (χ3v) is 7.01.